The number of nitrogens with one attached hydrogen (secondary N) is 2. The molecule has 3 amide bonds. The number of carboxylic acids is 1. The zero-order valence-corrected chi connectivity index (χ0v) is 18.8. The van der Waals surface area contributed by atoms with Gasteiger partial charge in [-0.15, -0.1) is 0 Å². The van der Waals surface area contributed by atoms with E-state index in [2.05, 4.69) is 5.32 Å². The van der Waals surface area contributed by atoms with E-state index in [0.717, 1.165) is 12.8 Å². The largest absolute Gasteiger partial charge is 0.479 e. The van der Waals surface area contributed by atoms with Gasteiger partial charge < -0.3 is 26.8 Å². The third kappa shape index (κ3) is 4.90. The van der Waals surface area contributed by atoms with Crippen molar-refractivity contribution in [1.82, 2.24) is 10.2 Å². The summed E-state index contributed by atoms with van der Waals surface area (Å²) in [6.45, 7) is 3.08. The molecule has 10 heteroatoms. The normalized spacial score (nSPS) is 14.8. The average molecular weight is 466 g/mol. The van der Waals surface area contributed by atoms with Crippen LogP contribution in [0.15, 0.2) is 42.5 Å². The molecule has 2 aromatic rings. The fraction of sp³-hybridized carbons (Fsp3) is 0.292. The minimum absolute atomic E-state index is 0.0393. The number of rotatable bonds is 8. The molecule has 0 aromatic heterocycles. The van der Waals surface area contributed by atoms with Crippen LogP contribution in [0.4, 0.5) is 0 Å². The summed E-state index contributed by atoms with van der Waals surface area (Å²) in [7, 11) is 0. The molecule has 2 aromatic carbocycles. The molecule has 1 atom stereocenters. The Morgan fingerprint density at radius 1 is 1.06 bits per heavy atom. The molecule has 178 valence electrons. The topological polar surface area (TPSA) is 180 Å². The summed E-state index contributed by atoms with van der Waals surface area (Å²) >= 11 is 0. The molecule has 3 rings (SSSR count). The molecule has 1 heterocycles. The number of benzene rings is 2. The van der Waals surface area contributed by atoms with Gasteiger partial charge in [0.15, 0.2) is 5.54 Å². The molecule has 10 nitrogen and oxygen atoms in total. The Bertz CT molecular complexity index is 1170. The number of carboxylic acid groups (broad SMARTS) is 1. The number of carbonyl (C=O) groups is 4. The standard InChI is InChI=1S/C24H27N5O5/c1-14-11-16(7-8-18(14)22(32)29-9-2-3-10-29)21(31)28-24(23(33)34,13-19(25)30)17-6-4-5-15(12-17)20(26)27/h4-8,11-12H,2-3,9-10,13H2,1H3,(H2,25,30)(H3,26,27)(H,28,31)(H,33,34). The number of aliphatic carboxylic acids is 1. The maximum atomic E-state index is 13.1. The fourth-order valence-electron chi connectivity index (χ4n) is 4.09. The summed E-state index contributed by atoms with van der Waals surface area (Å²) in [6, 6.07) is 10.2. The number of carbonyl (C=O) groups excluding carboxylic acids is 3. The molecule has 0 bridgehead atoms. The van der Waals surface area contributed by atoms with E-state index in [1.54, 1.807) is 11.8 Å². The van der Waals surface area contributed by atoms with Crippen molar-refractivity contribution < 1.29 is 24.3 Å². The minimum atomic E-state index is -2.19. The predicted molar refractivity (Wildman–Crippen MR) is 124 cm³/mol. The van der Waals surface area contributed by atoms with Crippen LogP contribution in [-0.4, -0.2) is 52.6 Å². The highest BCUT2D eigenvalue weighted by molar-refractivity contribution is 6.02. The van der Waals surface area contributed by atoms with E-state index in [-0.39, 0.29) is 28.4 Å². The maximum Gasteiger partial charge on any atom is 0.334 e. The minimum Gasteiger partial charge on any atom is -0.479 e. The van der Waals surface area contributed by atoms with Crippen LogP contribution in [0.3, 0.4) is 0 Å². The molecule has 0 saturated carbocycles. The van der Waals surface area contributed by atoms with Crippen molar-refractivity contribution in [3.05, 3.63) is 70.3 Å². The Morgan fingerprint density at radius 3 is 2.29 bits per heavy atom. The summed E-state index contributed by atoms with van der Waals surface area (Å²) in [5, 5.41) is 20.2. The lowest BCUT2D eigenvalue weighted by molar-refractivity contribution is -0.147. The molecular formula is C24H27N5O5. The number of hydrogen-bond acceptors (Lipinski definition) is 5. The quantitative estimate of drug-likeness (QED) is 0.287. The first-order chi connectivity index (χ1) is 16.0. The number of hydrogen-bond donors (Lipinski definition) is 5. The number of likely N-dealkylation sites (tertiary alicyclic amines) is 1. The van der Waals surface area contributed by atoms with Gasteiger partial charge in [0.1, 0.15) is 5.84 Å². The summed E-state index contributed by atoms with van der Waals surface area (Å²) in [5.41, 5.74) is 10.1. The van der Waals surface area contributed by atoms with Crippen LogP contribution in [0.5, 0.6) is 0 Å². The van der Waals surface area contributed by atoms with Gasteiger partial charge >= 0.3 is 5.97 Å². The van der Waals surface area contributed by atoms with Gasteiger partial charge in [-0.2, -0.15) is 0 Å². The van der Waals surface area contributed by atoms with Crippen LogP contribution in [-0.2, 0) is 15.1 Å². The van der Waals surface area contributed by atoms with E-state index in [1.165, 1.54) is 42.5 Å². The third-order valence-electron chi connectivity index (χ3n) is 5.91. The summed E-state index contributed by atoms with van der Waals surface area (Å²) in [4.78, 5) is 51.9. The molecular weight excluding hydrogens is 438 g/mol. The highest BCUT2D eigenvalue weighted by Crippen LogP contribution is 2.28. The van der Waals surface area contributed by atoms with Crippen molar-refractivity contribution in [2.75, 3.05) is 13.1 Å². The molecule has 1 saturated heterocycles. The lowest BCUT2D eigenvalue weighted by atomic mass is 9.84. The van der Waals surface area contributed by atoms with Gasteiger partial charge in [0, 0.05) is 29.8 Å². The van der Waals surface area contributed by atoms with Gasteiger partial charge in [0.2, 0.25) is 5.91 Å². The Balaban J connectivity index is 1.97. The number of amides is 3. The number of primary amides is 1. The van der Waals surface area contributed by atoms with E-state index < -0.39 is 29.7 Å². The monoisotopic (exact) mass is 465 g/mol. The van der Waals surface area contributed by atoms with Gasteiger partial charge in [0.25, 0.3) is 11.8 Å². The van der Waals surface area contributed by atoms with E-state index >= 15 is 0 Å². The fourth-order valence-corrected chi connectivity index (χ4v) is 4.09. The molecule has 7 N–H and O–H groups in total. The zero-order valence-electron chi connectivity index (χ0n) is 18.8. The smallest absolute Gasteiger partial charge is 0.334 e. The van der Waals surface area contributed by atoms with Gasteiger partial charge in [-0.3, -0.25) is 19.8 Å². The van der Waals surface area contributed by atoms with Crippen LogP contribution in [0.25, 0.3) is 0 Å². The molecule has 1 fully saturated rings. The highest BCUT2D eigenvalue weighted by atomic mass is 16.4. The molecule has 0 aliphatic carbocycles. The van der Waals surface area contributed by atoms with Gasteiger partial charge in [-0.25, -0.2) is 4.79 Å². The van der Waals surface area contributed by atoms with Crippen molar-refractivity contribution in [2.45, 2.75) is 31.7 Å². The first-order valence-corrected chi connectivity index (χ1v) is 10.7. The van der Waals surface area contributed by atoms with Crippen molar-refractivity contribution in [3.8, 4) is 0 Å². The van der Waals surface area contributed by atoms with Crippen LogP contribution >= 0.6 is 0 Å². The SMILES string of the molecule is Cc1cc(C(=O)NC(CC(N)=O)(C(=O)O)c2cccc(C(=N)N)c2)ccc1C(=O)N1CCCC1. The average Bonchev–Trinajstić information content (AvgIpc) is 3.32. The molecule has 1 unspecified atom stereocenters. The van der Waals surface area contributed by atoms with Crippen molar-refractivity contribution in [3.63, 3.8) is 0 Å². The Labute approximate surface area is 196 Å². The van der Waals surface area contributed by atoms with Crippen molar-refractivity contribution in [2.24, 2.45) is 11.5 Å². The molecule has 34 heavy (non-hydrogen) atoms. The summed E-state index contributed by atoms with van der Waals surface area (Å²) in [5.74, 6) is -3.63. The molecule has 1 aliphatic rings. The van der Waals surface area contributed by atoms with E-state index in [0.29, 0.717) is 24.2 Å². The second-order valence-electron chi connectivity index (χ2n) is 8.33. The predicted octanol–water partition coefficient (Wildman–Crippen LogP) is 1.10. The third-order valence-corrected chi connectivity index (χ3v) is 5.91. The number of nitrogens with zero attached hydrogens (tertiary/aromatic N) is 1. The van der Waals surface area contributed by atoms with Crippen LogP contribution in [0.1, 0.15) is 56.7 Å². The van der Waals surface area contributed by atoms with E-state index in [1.807, 2.05) is 0 Å². The molecule has 1 aliphatic heterocycles. The summed E-state index contributed by atoms with van der Waals surface area (Å²) in [6.07, 6.45) is 1.18. The van der Waals surface area contributed by atoms with Gasteiger partial charge in [0.05, 0.1) is 6.42 Å². The highest BCUT2D eigenvalue weighted by Gasteiger charge is 2.44. The number of aryl methyl sites for hydroxylation is 1. The lowest BCUT2D eigenvalue weighted by Gasteiger charge is -2.30. The van der Waals surface area contributed by atoms with Crippen LogP contribution in [0, 0.1) is 12.3 Å². The van der Waals surface area contributed by atoms with E-state index in [9.17, 15) is 24.3 Å². The van der Waals surface area contributed by atoms with Crippen LogP contribution in [0.2, 0.25) is 0 Å². The summed E-state index contributed by atoms with van der Waals surface area (Å²) < 4.78 is 0. The first-order valence-electron chi connectivity index (χ1n) is 10.7. The number of nitrogen functional groups attached to an aromatic ring is 1. The second-order valence-corrected chi connectivity index (χ2v) is 8.33. The van der Waals surface area contributed by atoms with Crippen molar-refractivity contribution >= 4 is 29.5 Å². The zero-order chi connectivity index (χ0) is 25.0. The lowest BCUT2D eigenvalue weighted by Crippen LogP contribution is -2.54. The first kappa shape index (κ1) is 24.4. The Hall–Kier alpha value is -4.21. The van der Waals surface area contributed by atoms with Crippen LogP contribution < -0.4 is 16.8 Å². The number of amidine groups is 1. The second kappa shape index (κ2) is 9.74. The Kier molecular flexibility index (Phi) is 7.00. The van der Waals surface area contributed by atoms with Crippen molar-refractivity contribution in [1.29, 1.82) is 5.41 Å². The van der Waals surface area contributed by atoms with Gasteiger partial charge in [-0.05, 0) is 55.2 Å². The molecule has 0 radical (unpaired) electrons. The Morgan fingerprint density at radius 2 is 1.74 bits per heavy atom. The van der Waals surface area contributed by atoms with E-state index in [4.69, 9.17) is 16.9 Å². The number of nitrogens with two attached hydrogens (primary N) is 2. The maximum absolute atomic E-state index is 13.1. The van der Waals surface area contributed by atoms with Gasteiger partial charge in [-0.1, -0.05) is 18.2 Å². The molecule has 0 spiro atoms.